The van der Waals surface area contributed by atoms with Crippen molar-refractivity contribution >= 4 is 73.3 Å². The Kier molecular flexibility index (Phi) is 9.95. The fourth-order valence-corrected chi connectivity index (χ4v) is 10.4. The molecular formula is C63H50N4. The first-order chi connectivity index (χ1) is 33.0. The molecule has 0 bridgehead atoms. The summed E-state index contributed by atoms with van der Waals surface area (Å²) in [4.78, 5) is 4.90. The summed E-state index contributed by atoms with van der Waals surface area (Å²) in [7, 11) is 0. The van der Waals surface area contributed by atoms with Crippen LogP contribution in [0.2, 0.25) is 0 Å². The Morgan fingerprint density at radius 1 is 0.373 bits per heavy atom. The number of aryl methyl sites for hydroxylation is 2. The van der Waals surface area contributed by atoms with E-state index in [-0.39, 0.29) is 12.0 Å². The molecule has 67 heavy (non-hydrogen) atoms. The molecule has 0 N–H and O–H groups in total. The van der Waals surface area contributed by atoms with E-state index in [4.69, 9.17) is 0 Å². The molecule has 0 amide bonds. The first kappa shape index (κ1) is 40.2. The monoisotopic (exact) mass is 862 g/mol. The summed E-state index contributed by atoms with van der Waals surface area (Å²) in [5, 5.41) is 6.28. The van der Waals surface area contributed by atoms with Crippen molar-refractivity contribution < 1.29 is 0 Å². The molecule has 0 saturated heterocycles. The van der Waals surface area contributed by atoms with Crippen LogP contribution in [0.3, 0.4) is 0 Å². The van der Waals surface area contributed by atoms with E-state index in [0.717, 1.165) is 28.4 Å². The fourth-order valence-electron chi connectivity index (χ4n) is 10.4. The van der Waals surface area contributed by atoms with E-state index in [0.29, 0.717) is 0 Å². The Hall–Kier alpha value is -8.34. The van der Waals surface area contributed by atoms with Crippen LogP contribution < -0.4 is 20.4 Å². The molecule has 4 nitrogen and oxygen atoms in total. The Labute approximate surface area is 391 Å². The van der Waals surface area contributed by atoms with E-state index >= 15 is 0 Å². The highest BCUT2D eigenvalue weighted by Crippen LogP contribution is 2.41. The first-order valence-corrected chi connectivity index (χ1v) is 23.4. The van der Waals surface area contributed by atoms with Crippen molar-refractivity contribution in [2.75, 3.05) is 9.80 Å². The SMILES string of the molecule is Cc1ccc(N(c2ccc(-c3ccc(N(c4ccc(C)cc4)C4C=c5c(n(-c6ccccc6)c6ccccc56)=CC4C)cc3)cc2)c2ccc3c(c2)c2ccccc2n3-c2ccccc2)cc1. The van der Waals surface area contributed by atoms with Crippen LogP contribution in [-0.4, -0.2) is 15.2 Å². The van der Waals surface area contributed by atoms with Crippen LogP contribution in [0.5, 0.6) is 0 Å². The standard InChI is InChI=1S/C63H50N4/c1-43-22-30-50(31-23-43)64(54-38-39-61-57(41-54)55-18-10-12-20-59(55)66(61)48-14-6-4-7-15-48)51-34-26-46(27-35-51)47-28-36-53(37-29-47)65(52-32-24-44(2)25-33-52)62-42-58-56-19-11-13-21-60(56)67(63(58)40-45(62)3)49-16-8-5-9-17-49/h4-42,45,62H,1-3H3. The third-order valence-electron chi connectivity index (χ3n) is 13.7. The maximum atomic E-state index is 2.53. The first-order valence-electron chi connectivity index (χ1n) is 23.4. The van der Waals surface area contributed by atoms with E-state index in [1.807, 2.05) is 0 Å². The Morgan fingerprint density at radius 2 is 0.821 bits per heavy atom. The van der Waals surface area contributed by atoms with Gasteiger partial charge < -0.3 is 18.9 Å². The summed E-state index contributed by atoms with van der Waals surface area (Å²) in [5.74, 6) is 0.229. The van der Waals surface area contributed by atoms with Crippen LogP contribution in [0, 0.1) is 19.8 Å². The van der Waals surface area contributed by atoms with Gasteiger partial charge in [0.25, 0.3) is 0 Å². The molecule has 2 unspecified atom stereocenters. The second-order valence-corrected chi connectivity index (χ2v) is 18.0. The topological polar surface area (TPSA) is 16.3 Å². The van der Waals surface area contributed by atoms with Gasteiger partial charge >= 0.3 is 0 Å². The number of rotatable bonds is 9. The number of benzene rings is 9. The number of anilines is 5. The van der Waals surface area contributed by atoms with Gasteiger partial charge in [-0.05, 0) is 128 Å². The Bertz CT molecular complexity index is 3700. The molecular weight excluding hydrogens is 813 g/mol. The van der Waals surface area contributed by atoms with E-state index in [1.165, 1.54) is 76.9 Å². The van der Waals surface area contributed by atoms with E-state index in [1.54, 1.807) is 0 Å². The highest BCUT2D eigenvalue weighted by molar-refractivity contribution is 6.10. The van der Waals surface area contributed by atoms with Crippen LogP contribution in [0.15, 0.2) is 224 Å². The predicted molar refractivity (Wildman–Crippen MR) is 283 cm³/mol. The van der Waals surface area contributed by atoms with Crippen molar-refractivity contribution in [1.29, 1.82) is 0 Å². The van der Waals surface area contributed by atoms with Crippen LogP contribution in [-0.2, 0) is 0 Å². The van der Waals surface area contributed by atoms with Gasteiger partial charge in [-0.2, -0.15) is 0 Å². The maximum Gasteiger partial charge on any atom is 0.0592 e. The fraction of sp³-hybridized carbons (Fsp3) is 0.0794. The molecule has 1 aliphatic carbocycles. The predicted octanol–water partition coefficient (Wildman–Crippen LogP) is 14.9. The maximum absolute atomic E-state index is 2.53. The lowest BCUT2D eigenvalue weighted by Gasteiger charge is -2.36. The third kappa shape index (κ3) is 7.10. The summed E-state index contributed by atoms with van der Waals surface area (Å²) < 4.78 is 4.80. The Balaban J connectivity index is 0.910. The van der Waals surface area contributed by atoms with Crippen LogP contribution in [0.25, 0.3) is 67.4 Å². The summed E-state index contributed by atoms with van der Waals surface area (Å²) in [6.45, 7) is 6.66. The summed E-state index contributed by atoms with van der Waals surface area (Å²) >= 11 is 0. The molecule has 12 rings (SSSR count). The van der Waals surface area contributed by atoms with E-state index in [2.05, 4.69) is 276 Å². The van der Waals surface area contributed by atoms with Gasteiger partial charge in [0.2, 0.25) is 0 Å². The number of aromatic nitrogens is 2. The van der Waals surface area contributed by atoms with E-state index < -0.39 is 0 Å². The molecule has 0 spiro atoms. The lowest BCUT2D eigenvalue weighted by atomic mass is 9.92. The number of nitrogens with zero attached hydrogens (tertiary/aromatic N) is 4. The van der Waals surface area contributed by atoms with Crippen LogP contribution >= 0.6 is 0 Å². The van der Waals surface area contributed by atoms with Gasteiger partial charge in [0.15, 0.2) is 0 Å². The molecule has 4 heteroatoms. The second kappa shape index (κ2) is 16.6. The molecule has 0 aliphatic heterocycles. The van der Waals surface area contributed by atoms with Gasteiger partial charge in [-0.3, -0.25) is 0 Å². The van der Waals surface area contributed by atoms with Crippen molar-refractivity contribution in [1.82, 2.24) is 9.13 Å². The molecule has 0 fully saturated rings. The summed E-state index contributed by atoms with van der Waals surface area (Å²) in [5.41, 5.74) is 16.5. The Morgan fingerprint density at radius 3 is 1.42 bits per heavy atom. The average molecular weight is 863 g/mol. The van der Waals surface area contributed by atoms with Crippen molar-refractivity contribution in [3.63, 3.8) is 0 Å². The smallest absolute Gasteiger partial charge is 0.0592 e. The highest BCUT2D eigenvalue weighted by atomic mass is 15.2. The number of hydrogen-bond acceptors (Lipinski definition) is 2. The largest absolute Gasteiger partial charge is 0.334 e. The molecule has 11 aromatic rings. The molecule has 2 heterocycles. The van der Waals surface area contributed by atoms with Gasteiger partial charge in [-0.1, -0.05) is 152 Å². The van der Waals surface area contributed by atoms with Crippen molar-refractivity contribution in [3.8, 4) is 22.5 Å². The lowest BCUT2D eigenvalue weighted by molar-refractivity contribution is 0.658. The summed E-state index contributed by atoms with van der Waals surface area (Å²) in [6.07, 6.45) is 4.98. The number of hydrogen-bond donors (Lipinski definition) is 0. The van der Waals surface area contributed by atoms with Crippen LogP contribution in [0.4, 0.5) is 28.4 Å². The quantitative estimate of drug-likeness (QED) is 0.144. The van der Waals surface area contributed by atoms with E-state index in [9.17, 15) is 0 Å². The number of fused-ring (bicyclic) bond motifs is 6. The van der Waals surface area contributed by atoms with Gasteiger partial charge in [-0.15, -0.1) is 0 Å². The molecule has 9 aromatic carbocycles. The normalized spacial score (nSPS) is 14.4. The summed E-state index contributed by atoms with van der Waals surface area (Å²) in [6, 6.07) is 82.0. The zero-order chi connectivity index (χ0) is 45.0. The van der Waals surface area contributed by atoms with Gasteiger partial charge in [0, 0.05) is 67.1 Å². The second-order valence-electron chi connectivity index (χ2n) is 18.0. The highest BCUT2D eigenvalue weighted by Gasteiger charge is 2.28. The lowest BCUT2D eigenvalue weighted by Crippen LogP contribution is -2.43. The molecule has 1 aliphatic rings. The molecule has 0 radical (unpaired) electrons. The van der Waals surface area contributed by atoms with Gasteiger partial charge in [-0.25, -0.2) is 0 Å². The number of para-hydroxylation sites is 4. The zero-order valence-electron chi connectivity index (χ0n) is 38.0. The minimum atomic E-state index is 0.0947. The zero-order valence-corrected chi connectivity index (χ0v) is 38.0. The van der Waals surface area contributed by atoms with Crippen LogP contribution in [0.1, 0.15) is 18.1 Å². The molecule has 0 saturated carbocycles. The van der Waals surface area contributed by atoms with Crippen molar-refractivity contribution in [3.05, 3.63) is 246 Å². The minimum Gasteiger partial charge on any atom is -0.334 e. The molecule has 322 valence electrons. The van der Waals surface area contributed by atoms with Gasteiger partial charge in [0.05, 0.1) is 27.9 Å². The van der Waals surface area contributed by atoms with Crippen molar-refractivity contribution in [2.45, 2.75) is 26.8 Å². The molecule has 2 aromatic heterocycles. The average Bonchev–Trinajstić information content (AvgIpc) is 3.88. The van der Waals surface area contributed by atoms with Gasteiger partial charge in [0.1, 0.15) is 0 Å². The minimum absolute atomic E-state index is 0.0947. The van der Waals surface area contributed by atoms with Crippen molar-refractivity contribution in [2.24, 2.45) is 5.92 Å². The molecule has 2 atom stereocenters. The third-order valence-corrected chi connectivity index (χ3v) is 13.7.